The van der Waals surface area contributed by atoms with Gasteiger partial charge in [0.2, 0.25) is 5.91 Å². The van der Waals surface area contributed by atoms with Gasteiger partial charge in [-0.3, -0.25) is 4.79 Å². The van der Waals surface area contributed by atoms with Crippen LogP contribution in [0.2, 0.25) is 0 Å². The average Bonchev–Trinajstić information content (AvgIpc) is 3.15. The fourth-order valence-corrected chi connectivity index (χ4v) is 3.58. The van der Waals surface area contributed by atoms with Gasteiger partial charge in [0.15, 0.2) is 0 Å². The summed E-state index contributed by atoms with van der Waals surface area (Å²) < 4.78 is 1.16. The summed E-state index contributed by atoms with van der Waals surface area (Å²) in [5, 5.41) is 6.40. The van der Waals surface area contributed by atoms with Gasteiger partial charge in [-0.15, -0.1) is 0 Å². The van der Waals surface area contributed by atoms with E-state index in [1.54, 1.807) is 0 Å². The number of amides is 1. The number of benzene rings is 1. The second kappa shape index (κ2) is 5.49. The highest BCUT2D eigenvalue weighted by Gasteiger charge is 2.45. The lowest BCUT2D eigenvalue weighted by molar-refractivity contribution is -0.126. The summed E-state index contributed by atoms with van der Waals surface area (Å²) in [6.45, 7) is 4.76. The minimum atomic E-state index is 0.117. The Kier molecular flexibility index (Phi) is 3.87. The molecule has 1 aromatic rings. The molecular formula is C16H21BrN2O. The molecule has 2 aliphatic rings. The van der Waals surface area contributed by atoms with E-state index in [2.05, 4.69) is 44.8 Å². The third kappa shape index (κ3) is 2.63. The van der Waals surface area contributed by atoms with Gasteiger partial charge >= 0.3 is 0 Å². The molecule has 1 aromatic carbocycles. The summed E-state index contributed by atoms with van der Waals surface area (Å²) in [6.07, 6.45) is 2.32. The Balaban J connectivity index is 1.60. The summed E-state index contributed by atoms with van der Waals surface area (Å²) in [5.74, 6) is 0.828. The molecule has 0 spiro atoms. The smallest absolute Gasteiger partial charge is 0.223 e. The molecule has 1 saturated carbocycles. The summed E-state index contributed by atoms with van der Waals surface area (Å²) >= 11 is 3.63. The van der Waals surface area contributed by atoms with E-state index in [1.165, 1.54) is 5.56 Å². The van der Waals surface area contributed by atoms with Gasteiger partial charge < -0.3 is 10.6 Å². The van der Waals surface area contributed by atoms with Crippen LogP contribution >= 0.6 is 15.9 Å². The molecule has 1 unspecified atom stereocenters. The summed E-state index contributed by atoms with van der Waals surface area (Å²) in [5.41, 5.74) is 1.49. The molecule has 1 aliphatic heterocycles. The number of halogens is 1. The summed E-state index contributed by atoms with van der Waals surface area (Å²) in [7, 11) is 0. The molecular weight excluding hydrogens is 316 g/mol. The number of rotatable bonds is 5. The van der Waals surface area contributed by atoms with Crippen LogP contribution in [0, 0.1) is 11.8 Å². The number of carbonyl (C=O) groups is 1. The molecule has 108 valence electrons. The molecule has 20 heavy (non-hydrogen) atoms. The van der Waals surface area contributed by atoms with Crippen molar-refractivity contribution in [3.8, 4) is 0 Å². The van der Waals surface area contributed by atoms with Gasteiger partial charge in [-0.1, -0.05) is 41.1 Å². The van der Waals surface area contributed by atoms with Crippen LogP contribution in [-0.2, 0) is 10.2 Å². The highest BCUT2D eigenvalue weighted by Crippen LogP contribution is 2.49. The van der Waals surface area contributed by atoms with Crippen LogP contribution in [0.1, 0.15) is 25.3 Å². The van der Waals surface area contributed by atoms with Gasteiger partial charge in [0.1, 0.15) is 0 Å². The Morgan fingerprint density at radius 2 is 2.15 bits per heavy atom. The molecule has 1 amide bonds. The highest BCUT2D eigenvalue weighted by molar-refractivity contribution is 9.10. The van der Waals surface area contributed by atoms with Crippen LogP contribution in [-0.4, -0.2) is 25.5 Å². The SMILES string of the molecule is CC(C(=O)NCC1(c2ccccc2Br)CC1)C1CNC1. The van der Waals surface area contributed by atoms with E-state index in [9.17, 15) is 4.79 Å². The molecule has 1 heterocycles. The lowest BCUT2D eigenvalue weighted by atomic mass is 9.88. The maximum Gasteiger partial charge on any atom is 0.223 e. The van der Waals surface area contributed by atoms with E-state index in [4.69, 9.17) is 0 Å². The molecule has 4 heteroatoms. The topological polar surface area (TPSA) is 41.1 Å². The highest BCUT2D eigenvalue weighted by atomic mass is 79.9. The van der Waals surface area contributed by atoms with Gasteiger partial charge in [-0.2, -0.15) is 0 Å². The molecule has 1 atom stereocenters. The van der Waals surface area contributed by atoms with Crippen LogP contribution in [0.15, 0.2) is 28.7 Å². The van der Waals surface area contributed by atoms with Crippen molar-refractivity contribution in [3.63, 3.8) is 0 Å². The summed E-state index contributed by atoms with van der Waals surface area (Å²) in [6, 6.07) is 8.36. The van der Waals surface area contributed by atoms with Crippen LogP contribution in [0.4, 0.5) is 0 Å². The number of hydrogen-bond acceptors (Lipinski definition) is 2. The molecule has 3 rings (SSSR count). The standard InChI is InChI=1S/C16H21BrN2O/c1-11(12-8-18-9-12)15(20)19-10-16(6-7-16)13-4-2-3-5-14(13)17/h2-5,11-12,18H,6-10H2,1H3,(H,19,20). The normalized spacial score (nSPS) is 21.9. The minimum Gasteiger partial charge on any atom is -0.355 e. The Labute approximate surface area is 128 Å². The zero-order valence-electron chi connectivity index (χ0n) is 11.8. The van der Waals surface area contributed by atoms with Crippen LogP contribution in [0.3, 0.4) is 0 Å². The van der Waals surface area contributed by atoms with Crippen LogP contribution < -0.4 is 10.6 Å². The van der Waals surface area contributed by atoms with E-state index >= 15 is 0 Å². The van der Waals surface area contributed by atoms with E-state index in [-0.39, 0.29) is 17.2 Å². The number of nitrogens with one attached hydrogen (secondary N) is 2. The van der Waals surface area contributed by atoms with Gasteiger partial charge in [0.25, 0.3) is 0 Å². The van der Waals surface area contributed by atoms with Crippen molar-refractivity contribution in [2.75, 3.05) is 19.6 Å². The Morgan fingerprint density at radius 1 is 1.45 bits per heavy atom. The Morgan fingerprint density at radius 3 is 2.70 bits per heavy atom. The van der Waals surface area contributed by atoms with Crippen molar-refractivity contribution in [3.05, 3.63) is 34.3 Å². The fraction of sp³-hybridized carbons (Fsp3) is 0.562. The molecule has 1 saturated heterocycles. The fourth-order valence-electron chi connectivity index (χ4n) is 2.88. The van der Waals surface area contributed by atoms with Crippen molar-refractivity contribution < 1.29 is 4.79 Å². The first-order valence-corrected chi connectivity index (χ1v) is 8.15. The second-order valence-electron chi connectivity index (χ2n) is 6.18. The van der Waals surface area contributed by atoms with Crippen molar-refractivity contribution in [2.24, 2.45) is 11.8 Å². The molecule has 3 nitrogen and oxygen atoms in total. The third-order valence-electron chi connectivity index (χ3n) is 4.83. The maximum absolute atomic E-state index is 12.2. The predicted molar refractivity (Wildman–Crippen MR) is 83.6 cm³/mol. The first-order valence-electron chi connectivity index (χ1n) is 7.36. The van der Waals surface area contributed by atoms with Gasteiger partial charge in [-0.25, -0.2) is 0 Å². The lowest BCUT2D eigenvalue weighted by Crippen LogP contribution is -2.50. The maximum atomic E-state index is 12.2. The molecule has 2 N–H and O–H groups in total. The molecule has 0 radical (unpaired) electrons. The van der Waals surface area contributed by atoms with Gasteiger partial charge in [-0.05, 0) is 43.5 Å². The third-order valence-corrected chi connectivity index (χ3v) is 5.52. The monoisotopic (exact) mass is 336 g/mol. The van der Waals surface area contributed by atoms with E-state index in [0.29, 0.717) is 5.92 Å². The van der Waals surface area contributed by atoms with E-state index in [0.717, 1.165) is 36.9 Å². The largest absolute Gasteiger partial charge is 0.355 e. The summed E-state index contributed by atoms with van der Waals surface area (Å²) in [4.78, 5) is 12.2. The second-order valence-corrected chi connectivity index (χ2v) is 7.04. The quantitative estimate of drug-likeness (QED) is 0.867. The average molecular weight is 337 g/mol. The first-order chi connectivity index (χ1) is 9.62. The molecule has 1 aliphatic carbocycles. The first kappa shape index (κ1) is 14.1. The van der Waals surface area contributed by atoms with Crippen molar-refractivity contribution >= 4 is 21.8 Å². The zero-order chi connectivity index (χ0) is 14.2. The van der Waals surface area contributed by atoms with Crippen molar-refractivity contribution in [2.45, 2.75) is 25.2 Å². The van der Waals surface area contributed by atoms with Gasteiger partial charge in [0.05, 0.1) is 0 Å². The van der Waals surface area contributed by atoms with Crippen LogP contribution in [0.25, 0.3) is 0 Å². The number of carbonyl (C=O) groups excluding carboxylic acids is 1. The van der Waals surface area contributed by atoms with Gasteiger partial charge in [0, 0.05) is 22.4 Å². The Hall–Kier alpha value is -0.870. The van der Waals surface area contributed by atoms with Crippen molar-refractivity contribution in [1.82, 2.24) is 10.6 Å². The lowest BCUT2D eigenvalue weighted by Gasteiger charge is -2.32. The van der Waals surface area contributed by atoms with Crippen LogP contribution in [0.5, 0.6) is 0 Å². The van der Waals surface area contributed by atoms with E-state index in [1.807, 2.05) is 13.0 Å². The number of hydrogen-bond donors (Lipinski definition) is 2. The zero-order valence-corrected chi connectivity index (χ0v) is 13.4. The molecule has 0 aromatic heterocycles. The molecule has 2 fully saturated rings. The Bertz CT molecular complexity index is 509. The predicted octanol–water partition coefficient (Wildman–Crippen LogP) is 2.45. The minimum absolute atomic E-state index is 0.117. The molecule has 0 bridgehead atoms. The van der Waals surface area contributed by atoms with Crippen molar-refractivity contribution in [1.29, 1.82) is 0 Å². The van der Waals surface area contributed by atoms with E-state index < -0.39 is 0 Å².